The van der Waals surface area contributed by atoms with Crippen LogP contribution in [0.4, 0.5) is 5.82 Å². The predicted molar refractivity (Wildman–Crippen MR) is 104 cm³/mol. The summed E-state index contributed by atoms with van der Waals surface area (Å²) in [6.45, 7) is 1.39. The molecular formula is C19H20N4O6. The van der Waals surface area contributed by atoms with Crippen molar-refractivity contribution in [2.45, 2.75) is 26.3 Å². The lowest BCUT2D eigenvalue weighted by atomic mass is 10.2. The molecule has 0 atom stereocenters. The maximum atomic E-state index is 12.5. The molecule has 152 valence electrons. The standard InChI is InChI=1S/C19H20N4O6/c1-3-8-23-17(20)16(18(26)22(2)19(23)27)13(24)10-28-15(25)9-12-11-6-4-5-7-14(11)29-21-12/h4-7H,3,8-10,20H2,1-2H3. The molecule has 0 aliphatic carbocycles. The molecule has 0 saturated heterocycles. The summed E-state index contributed by atoms with van der Waals surface area (Å²) in [6, 6.07) is 7.02. The fraction of sp³-hybridized carbons (Fsp3) is 0.316. The Morgan fingerprint density at radius 2 is 1.97 bits per heavy atom. The SMILES string of the molecule is CCCn1c(N)c(C(=O)COC(=O)Cc2noc3ccccc23)c(=O)n(C)c1=O. The Morgan fingerprint density at radius 3 is 2.69 bits per heavy atom. The molecule has 3 aromatic rings. The molecule has 0 bridgehead atoms. The van der Waals surface area contributed by atoms with Crippen LogP contribution >= 0.6 is 0 Å². The molecule has 0 fully saturated rings. The maximum Gasteiger partial charge on any atom is 0.332 e. The van der Waals surface area contributed by atoms with Gasteiger partial charge < -0.3 is 15.0 Å². The molecule has 0 radical (unpaired) electrons. The minimum absolute atomic E-state index is 0.201. The monoisotopic (exact) mass is 400 g/mol. The number of para-hydroxylation sites is 1. The summed E-state index contributed by atoms with van der Waals surface area (Å²) in [5, 5.41) is 4.50. The van der Waals surface area contributed by atoms with Gasteiger partial charge in [0.25, 0.3) is 5.56 Å². The number of ether oxygens (including phenoxy) is 1. The smallest absolute Gasteiger partial charge is 0.332 e. The predicted octanol–water partition coefficient (Wildman–Crippen LogP) is 0.649. The van der Waals surface area contributed by atoms with E-state index in [0.29, 0.717) is 23.1 Å². The summed E-state index contributed by atoms with van der Waals surface area (Å²) in [5.74, 6) is -1.73. The minimum Gasteiger partial charge on any atom is -0.457 e. The van der Waals surface area contributed by atoms with Gasteiger partial charge >= 0.3 is 11.7 Å². The number of rotatable bonds is 7. The molecule has 0 unspecified atom stereocenters. The highest BCUT2D eigenvalue weighted by Gasteiger charge is 2.23. The number of esters is 1. The first-order chi connectivity index (χ1) is 13.8. The van der Waals surface area contributed by atoms with Crippen molar-refractivity contribution < 1.29 is 18.8 Å². The van der Waals surface area contributed by atoms with Gasteiger partial charge in [-0.2, -0.15) is 0 Å². The Hall–Kier alpha value is -3.69. The molecule has 10 heteroatoms. The largest absolute Gasteiger partial charge is 0.457 e. The van der Waals surface area contributed by atoms with Crippen molar-refractivity contribution in [1.29, 1.82) is 0 Å². The van der Waals surface area contributed by atoms with E-state index in [0.717, 1.165) is 9.13 Å². The second kappa shape index (κ2) is 8.13. The first kappa shape index (κ1) is 20.1. The van der Waals surface area contributed by atoms with Crippen molar-refractivity contribution >= 4 is 28.5 Å². The normalized spacial score (nSPS) is 11.0. The number of Topliss-reactive ketones (excluding diaryl/α,β-unsaturated/α-hetero) is 1. The number of hydrogen-bond donors (Lipinski definition) is 1. The number of aromatic nitrogens is 3. The van der Waals surface area contributed by atoms with E-state index < -0.39 is 29.6 Å². The third kappa shape index (κ3) is 3.82. The summed E-state index contributed by atoms with van der Waals surface area (Å²) in [6.07, 6.45) is 0.379. The van der Waals surface area contributed by atoms with Crippen molar-refractivity contribution in [3.05, 3.63) is 56.4 Å². The summed E-state index contributed by atoms with van der Waals surface area (Å²) in [7, 11) is 1.26. The molecule has 29 heavy (non-hydrogen) atoms. The fourth-order valence-electron chi connectivity index (χ4n) is 2.96. The zero-order valence-corrected chi connectivity index (χ0v) is 16.0. The highest BCUT2D eigenvalue weighted by Crippen LogP contribution is 2.18. The van der Waals surface area contributed by atoms with Gasteiger partial charge in [-0.15, -0.1) is 0 Å². The molecule has 0 aliphatic heterocycles. The zero-order chi connectivity index (χ0) is 21.1. The lowest BCUT2D eigenvalue weighted by Crippen LogP contribution is -2.43. The lowest BCUT2D eigenvalue weighted by molar-refractivity contribution is -0.141. The molecule has 2 heterocycles. The third-order valence-corrected chi connectivity index (χ3v) is 4.44. The van der Waals surface area contributed by atoms with Gasteiger partial charge in [-0.3, -0.25) is 23.5 Å². The molecule has 3 rings (SSSR count). The number of carbonyl (C=O) groups excluding carboxylic acids is 2. The number of hydrogen-bond acceptors (Lipinski definition) is 8. The third-order valence-electron chi connectivity index (χ3n) is 4.44. The Kier molecular flexibility index (Phi) is 5.62. The average Bonchev–Trinajstić information content (AvgIpc) is 3.11. The van der Waals surface area contributed by atoms with Crippen LogP contribution in [0.2, 0.25) is 0 Å². The number of ketones is 1. The average molecular weight is 400 g/mol. The highest BCUT2D eigenvalue weighted by molar-refractivity contribution is 6.01. The molecule has 0 spiro atoms. The van der Waals surface area contributed by atoms with Gasteiger partial charge in [0.15, 0.2) is 12.2 Å². The Balaban J connectivity index is 1.76. The number of carbonyl (C=O) groups is 2. The van der Waals surface area contributed by atoms with Crippen LogP contribution in [0.25, 0.3) is 11.0 Å². The van der Waals surface area contributed by atoms with Gasteiger partial charge in [0.2, 0.25) is 5.78 Å². The molecule has 0 amide bonds. The quantitative estimate of drug-likeness (QED) is 0.450. The lowest BCUT2D eigenvalue weighted by Gasteiger charge is -2.13. The van der Waals surface area contributed by atoms with Gasteiger partial charge in [0.05, 0.1) is 6.42 Å². The van der Waals surface area contributed by atoms with Crippen LogP contribution in [0.1, 0.15) is 29.4 Å². The van der Waals surface area contributed by atoms with E-state index in [9.17, 15) is 19.2 Å². The van der Waals surface area contributed by atoms with Crippen LogP contribution in [-0.4, -0.2) is 32.7 Å². The topological polar surface area (TPSA) is 139 Å². The van der Waals surface area contributed by atoms with Crippen LogP contribution in [0.15, 0.2) is 38.4 Å². The summed E-state index contributed by atoms with van der Waals surface area (Å²) < 4.78 is 12.1. The zero-order valence-electron chi connectivity index (χ0n) is 16.0. The first-order valence-corrected chi connectivity index (χ1v) is 8.96. The highest BCUT2D eigenvalue weighted by atomic mass is 16.5. The van der Waals surface area contributed by atoms with E-state index in [1.54, 1.807) is 24.3 Å². The molecule has 0 aliphatic rings. The molecule has 2 aromatic heterocycles. The van der Waals surface area contributed by atoms with Crippen LogP contribution in [-0.2, 0) is 29.5 Å². The first-order valence-electron chi connectivity index (χ1n) is 8.96. The Labute approximate surface area is 164 Å². The number of nitrogens with zero attached hydrogens (tertiary/aromatic N) is 3. The molecular weight excluding hydrogens is 380 g/mol. The van der Waals surface area contributed by atoms with Crippen molar-refractivity contribution in [2.75, 3.05) is 12.3 Å². The van der Waals surface area contributed by atoms with Crippen molar-refractivity contribution in [3.8, 4) is 0 Å². The fourth-order valence-corrected chi connectivity index (χ4v) is 2.96. The molecule has 2 N–H and O–H groups in total. The van der Waals surface area contributed by atoms with Crippen LogP contribution in [0.3, 0.4) is 0 Å². The van der Waals surface area contributed by atoms with E-state index in [2.05, 4.69) is 5.16 Å². The summed E-state index contributed by atoms with van der Waals surface area (Å²) >= 11 is 0. The van der Waals surface area contributed by atoms with Crippen LogP contribution in [0, 0.1) is 0 Å². The molecule has 1 aromatic carbocycles. The van der Waals surface area contributed by atoms with Gasteiger partial charge in [0, 0.05) is 19.0 Å². The number of anilines is 1. The molecule has 0 saturated carbocycles. The van der Waals surface area contributed by atoms with Gasteiger partial charge in [-0.05, 0) is 18.6 Å². The Bertz CT molecular complexity index is 1200. The van der Waals surface area contributed by atoms with Crippen LogP contribution in [0.5, 0.6) is 0 Å². The van der Waals surface area contributed by atoms with Crippen molar-refractivity contribution in [1.82, 2.24) is 14.3 Å². The van der Waals surface area contributed by atoms with E-state index in [1.165, 1.54) is 7.05 Å². The van der Waals surface area contributed by atoms with E-state index in [-0.39, 0.29) is 24.3 Å². The van der Waals surface area contributed by atoms with Crippen LogP contribution < -0.4 is 17.0 Å². The number of benzene rings is 1. The van der Waals surface area contributed by atoms with Gasteiger partial charge in [-0.25, -0.2) is 4.79 Å². The second-order valence-corrected chi connectivity index (χ2v) is 6.44. The number of fused-ring (bicyclic) bond motifs is 1. The molecule has 10 nitrogen and oxygen atoms in total. The Morgan fingerprint density at radius 1 is 1.24 bits per heavy atom. The maximum absolute atomic E-state index is 12.5. The van der Waals surface area contributed by atoms with Crippen molar-refractivity contribution in [2.24, 2.45) is 7.05 Å². The van der Waals surface area contributed by atoms with E-state index >= 15 is 0 Å². The second-order valence-electron chi connectivity index (χ2n) is 6.44. The summed E-state index contributed by atoms with van der Waals surface area (Å²) in [4.78, 5) is 49.1. The van der Waals surface area contributed by atoms with Gasteiger partial charge in [0.1, 0.15) is 17.1 Å². The number of nitrogens with two attached hydrogens (primary N) is 1. The van der Waals surface area contributed by atoms with Crippen molar-refractivity contribution in [3.63, 3.8) is 0 Å². The van der Waals surface area contributed by atoms with E-state index in [1.807, 2.05) is 6.92 Å². The summed E-state index contributed by atoms with van der Waals surface area (Å²) in [5.41, 5.74) is 4.98. The van der Waals surface area contributed by atoms with Gasteiger partial charge in [-0.1, -0.05) is 24.2 Å². The number of nitrogen functional groups attached to an aromatic ring is 1. The van der Waals surface area contributed by atoms with E-state index in [4.69, 9.17) is 15.0 Å². The minimum atomic E-state index is -0.830.